The molecule has 1 heterocycles. The molecule has 0 radical (unpaired) electrons. The molecule has 0 saturated heterocycles. The first kappa shape index (κ1) is 29.9. The van der Waals surface area contributed by atoms with Crippen LogP contribution in [0.15, 0.2) is 33.9 Å². The molecule has 0 aliphatic carbocycles. The van der Waals surface area contributed by atoms with E-state index < -0.39 is 41.8 Å². The van der Waals surface area contributed by atoms with E-state index in [4.69, 9.17) is 9.47 Å². The highest BCUT2D eigenvalue weighted by Crippen LogP contribution is 2.22. The summed E-state index contributed by atoms with van der Waals surface area (Å²) < 4.78 is 50.4. The zero-order valence-corrected chi connectivity index (χ0v) is 21.3. The second-order valence-corrected chi connectivity index (χ2v) is 9.21. The number of nitrogens with zero attached hydrogens (tertiary/aromatic N) is 3. The van der Waals surface area contributed by atoms with Crippen LogP contribution in [0, 0.1) is 0 Å². The summed E-state index contributed by atoms with van der Waals surface area (Å²) >= 11 is 0. The van der Waals surface area contributed by atoms with Crippen LogP contribution in [-0.2, 0) is 24.3 Å². The molecule has 206 valence electrons. The Morgan fingerprint density at radius 1 is 1.08 bits per heavy atom. The Bertz CT molecular complexity index is 1160. The lowest BCUT2D eigenvalue weighted by atomic mass is 10.1. The maximum absolute atomic E-state index is 12.6. The molecule has 9 nitrogen and oxygen atoms in total. The first-order valence-corrected chi connectivity index (χ1v) is 12.3. The normalized spacial score (nSPS) is 11.9. The number of benzene rings is 1. The van der Waals surface area contributed by atoms with Crippen LogP contribution in [0.2, 0.25) is 0 Å². The topological polar surface area (TPSA) is 113 Å². The van der Waals surface area contributed by atoms with Gasteiger partial charge in [-0.1, -0.05) is 19.1 Å². The third kappa shape index (κ3) is 9.58. The van der Waals surface area contributed by atoms with Crippen molar-refractivity contribution in [3.63, 3.8) is 0 Å². The molecule has 0 aliphatic rings. The largest absolute Gasteiger partial charge is 0.478 e. The fourth-order valence-electron chi connectivity index (χ4n) is 3.50. The van der Waals surface area contributed by atoms with Crippen LogP contribution < -0.4 is 20.7 Å². The fraction of sp³-hybridized carbons (Fsp3) is 0.600. The lowest BCUT2D eigenvalue weighted by Crippen LogP contribution is -2.42. The van der Waals surface area contributed by atoms with Gasteiger partial charge in [0.2, 0.25) is 0 Å². The second kappa shape index (κ2) is 13.3. The number of ether oxygens (including phenoxy) is 2. The molecule has 2 aromatic rings. The summed E-state index contributed by atoms with van der Waals surface area (Å²) in [7, 11) is 0. The highest BCUT2D eigenvalue weighted by Gasteiger charge is 2.29. The minimum atomic E-state index is -4.37. The third-order valence-electron chi connectivity index (χ3n) is 5.50. The minimum Gasteiger partial charge on any atom is -0.478 e. The summed E-state index contributed by atoms with van der Waals surface area (Å²) in [6.45, 7) is 4.76. The molecule has 0 aliphatic heterocycles. The van der Waals surface area contributed by atoms with Gasteiger partial charge in [0, 0.05) is 19.5 Å². The lowest BCUT2D eigenvalue weighted by molar-refractivity contribution is -0.152. The summed E-state index contributed by atoms with van der Waals surface area (Å²) in [4.78, 5) is 36.3. The van der Waals surface area contributed by atoms with Crippen LogP contribution in [0.1, 0.15) is 64.9 Å². The molecular formula is C25H34F3N3O6. The molecule has 0 amide bonds. The average Bonchev–Trinajstić information content (AvgIpc) is 2.80. The highest BCUT2D eigenvalue weighted by atomic mass is 19.4. The Morgan fingerprint density at radius 3 is 2.46 bits per heavy atom. The Labute approximate surface area is 212 Å². The molecule has 0 saturated carbocycles. The van der Waals surface area contributed by atoms with E-state index in [2.05, 4.69) is 5.10 Å². The first-order valence-electron chi connectivity index (χ1n) is 12.3. The van der Waals surface area contributed by atoms with Crippen molar-refractivity contribution in [3.05, 3.63) is 50.7 Å². The number of alkyl halides is 3. The Hall–Kier alpha value is -3.31. The number of hydrogen-bond donors (Lipinski definition) is 1. The van der Waals surface area contributed by atoms with Crippen molar-refractivity contribution in [2.24, 2.45) is 0 Å². The number of carbonyl (C=O) groups is 1. The smallest absolute Gasteiger partial charge is 0.389 e. The molecule has 12 heteroatoms. The van der Waals surface area contributed by atoms with Crippen molar-refractivity contribution in [1.82, 2.24) is 14.3 Å². The molecule has 2 rings (SSSR count). The number of halogens is 3. The number of rotatable bonds is 15. The number of unbranched alkanes of at least 4 members (excludes halogenated alkanes) is 2. The van der Waals surface area contributed by atoms with E-state index in [0.29, 0.717) is 18.6 Å². The zero-order chi connectivity index (χ0) is 27.6. The van der Waals surface area contributed by atoms with Gasteiger partial charge in [0.15, 0.2) is 5.60 Å². The van der Waals surface area contributed by atoms with E-state index in [1.165, 1.54) is 13.8 Å². The quantitative estimate of drug-likeness (QED) is 0.344. The summed E-state index contributed by atoms with van der Waals surface area (Å²) in [5.74, 6) is -0.899. The number of hydrogen-bond acceptors (Lipinski definition) is 6. The fourth-order valence-corrected chi connectivity index (χ4v) is 3.50. The van der Waals surface area contributed by atoms with Gasteiger partial charge in [0.1, 0.15) is 5.75 Å². The number of aliphatic carboxylic acids is 1. The van der Waals surface area contributed by atoms with Crippen molar-refractivity contribution < 1.29 is 32.5 Å². The van der Waals surface area contributed by atoms with Crippen molar-refractivity contribution in [3.8, 4) is 11.6 Å². The minimum absolute atomic E-state index is 0.158. The van der Waals surface area contributed by atoms with Gasteiger partial charge in [0.05, 0.1) is 6.61 Å². The summed E-state index contributed by atoms with van der Waals surface area (Å²) in [5.41, 5.74) is -1.95. The van der Waals surface area contributed by atoms with Crippen LogP contribution in [0.5, 0.6) is 11.6 Å². The van der Waals surface area contributed by atoms with Gasteiger partial charge < -0.3 is 14.6 Å². The van der Waals surface area contributed by atoms with Crippen LogP contribution in [0.25, 0.3) is 0 Å². The van der Waals surface area contributed by atoms with Gasteiger partial charge in [-0.3, -0.25) is 9.36 Å². The van der Waals surface area contributed by atoms with Crippen LogP contribution in [-0.4, -0.2) is 43.8 Å². The molecule has 37 heavy (non-hydrogen) atoms. The Morgan fingerprint density at radius 2 is 1.81 bits per heavy atom. The van der Waals surface area contributed by atoms with Crippen LogP contribution >= 0.6 is 0 Å². The summed E-state index contributed by atoms with van der Waals surface area (Å²) in [6, 6.07) is 7.20. The van der Waals surface area contributed by atoms with Gasteiger partial charge in [-0.05, 0) is 70.1 Å². The molecule has 0 fully saturated rings. The molecule has 0 atom stereocenters. The van der Waals surface area contributed by atoms with Crippen molar-refractivity contribution in [2.45, 2.75) is 90.6 Å². The van der Waals surface area contributed by atoms with Crippen LogP contribution in [0.3, 0.4) is 0 Å². The van der Waals surface area contributed by atoms with E-state index in [-0.39, 0.29) is 25.6 Å². The second-order valence-electron chi connectivity index (χ2n) is 9.21. The van der Waals surface area contributed by atoms with E-state index in [1.807, 2.05) is 13.0 Å². The third-order valence-corrected chi connectivity index (χ3v) is 5.50. The van der Waals surface area contributed by atoms with Gasteiger partial charge in [0.25, 0.3) is 5.88 Å². The van der Waals surface area contributed by atoms with Gasteiger partial charge >= 0.3 is 23.4 Å². The standard InChI is InChI=1S/C25H34F3N3O6/c1-4-14-31-23(35)30(15-9-13-25(26,27)28)21(32)20(29-31)36-16-7-5-6-10-18-11-8-12-19(17-18)37-24(2,3)22(33)34/h8,11-12,17H,4-7,9-10,13-16H2,1-3H3,(H,33,34). The maximum atomic E-state index is 12.6. The predicted molar refractivity (Wildman–Crippen MR) is 130 cm³/mol. The lowest BCUT2D eigenvalue weighted by Gasteiger charge is -2.21. The number of carboxylic acids is 1. The van der Waals surface area contributed by atoms with Crippen molar-refractivity contribution in [2.75, 3.05) is 6.61 Å². The first-order chi connectivity index (χ1) is 17.3. The van der Waals surface area contributed by atoms with Crippen molar-refractivity contribution in [1.29, 1.82) is 0 Å². The van der Waals surface area contributed by atoms with Gasteiger partial charge in [-0.25, -0.2) is 14.3 Å². The maximum Gasteiger partial charge on any atom is 0.389 e. The predicted octanol–water partition coefficient (Wildman–Crippen LogP) is 4.19. The summed E-state index contributed by atoms with van der Waals surface area (Å²) in [6.07, 6.45) is -2.47. The van der Waals surface area contributed by atoms with Gasteiger partial charge in [-0.2, -0.15) is 13.2 Å². The number of aromatic nitrogens is 3. The van der Waals surface area contributed by atoms with Gasteiger partial charge in [-0.15, -0.1) is 5.10 Å². The van der Waals surface area contributed by atoms with E-state index in [1.54, 1.807) is 18.2 Å². The number of aryl methyl sites for hydroxylation is 2. The van der Waals surface area contributed by atoms with E-state index >= 15 is 0 Å². The van der Waals surface area contributed by atoms with Crippen LogP contribution in [0.4, 0.5) is 13.2 Å². The monoisotopic (exact) mass is 529 g/mol. The molecule has 1 aromatic heterocycles. The Balaban J connectivity index is 1.91. The average molecular weight is 530 g/mol. The molecule has 0 spiro atoms. The molecule has 1 N–H and O–H groups in total. The highest BCUT2D eigenvalue weighted by molar-refractivity contribution is 5.76. The summed E-state index contributed by atoms with van der Waals surface area (Å²) in [5, 5.41) is 13.2. The molecule has 1 aromatic carbocycles. The zero-order valence-electron chi connectivity index (χ0n) is 21.3. The van der Waals surface area contributed by atoms with E-state index in [9.17, 15) is 32.7 Å². The van der Waals surface area contributed by atoms with E-state index in [0.717, 1.165) is 34.1 Å². The van der Waals surface area contributed by atoms with Crippen molar-refractivity contribution >= 4 is 5.97 Å². The Kier molecular flexibility index (Phi) is 10.8. The molecular weight excluding hydrogens is 495 g/mol. The SMILES string of the molecule is CCCn1nc(OCCCCCc2cccc(OC(C)(C)C(=O)O)c2)c(=O)n(CCCC(F)(F)F)c1=O. The number of carboxylic acid groups (broad SMARTS) is 1. The molecule has 0 unspecified atom stereocenters. The molecule has 0 bridgehead atoms.